The Balaban J connectivity index is 2.20. The molecule has 0 aromatic heterocycles. The molecule has 1 amide bonds. The normalized spacial score (nSPS) is 14.4. The van der Waals surface area contributed by atoms with Crippen molar-refractivity contribution in [2.75, 3.05) is 6.54 Å². The summed E-state index contributed by atoms with van der Waals surface area (Å²) in [5, 5.41) is 0. The molecule has 1 heterocycles. The molecule has 84 valence electrons. The first-order valence-electron chi connectivity index (χ1n) is 5.68. The van der Waals surface area contributed by atoms with Gasteiger partial charge in [-0.15, -0.1) is 6.58 Å². The Morgan fingerprint density at radius 1 is 1.56 bits per heavy atom. The molecule has 0 radical (unpaired) electrons. The van der Waals surface area contributed by atoms with Crippen molar-refractivity contribution in [3.05, 3.63) is 47.5 Å². The first-order valence-corrected chi connectivity index (χ1v) is 5.68. The molecule has 0 aliphatic carbocycles. The van der Waals surface area contributed by atoms with E-state index in [9.17, 15) is 4.79 Å². The Morgan fingerprint density at radius 2 is 2.38 bits per heavy atom. The fourth-order valence-electron chi connectivity index (χ4n) is 2.21. The number of fused-ring (bicyclic) bond motifs is 1. The van der Waals surface area contributed by atoms with E-state index in [4.69, 9.17) is 0 Å². The van der Waals surface area contributed by atoms with Gasteiger partial charge in [-0.1, -0.05) is 24.3 Å². The van der Waals surface area contributed by atoms with Crippen molar-refractivity contribution in [2.24, 2.45) is 0 Å². The van der Waals surface area contributed by atoms with E-state index in [1.165, 1.54) is 16.7 Å². The number of carbonyl (C=O) groups excluding carboxylic acids is 1. The van der Waals surface area contributed by atoms with Gasteiger partial charge in [-0.3, -0.25) is 4.79 Å². The number of nitrogens with zero attached hydrogens (tertiary/aromatic N) is 1. The van der Waals surface area contributed by atoms with Crippen LogP contribution in [-0.2, 0) is 17.8 Å². The maximum atomic E-state index is 11.8. The van der Waals surface area contributed by atoms with Crippen LogP contribution in [0.1, 0.15) is 23.1 Å². The Hall–Kier alpha value is -1.57. The van der Waals surface area contributed by atoms with Crippen molar-refractivity contribution in [3.63, 3.8) is 0 Å². The predicted octanol–water partition coefficient (Wildman–Crippen LogP) is 2.46. The van der Waals surface area contributed by atoms with Gasteiger partial charge in [0.05, 0.1) is 0 Å². The Morgan fingerprint density at radius 3 is 3.12 bits per heavy atom. The van der Waals surface area contributed by atoms with Gasteiger partial charge in [-0.05, 0) is 30.0 Å². The summed E-state index contributed by atoms with van der Waals surface area (Å²) in [6.07, 6.45) is 3.09. The van der Waals surface area contributed by atoms with Crippen LogP contribution in [0.4, 0.5) is 0 Å². The molecule has 0 N–H and O–H groups in total. The van der Waals surface area contributed by atoms with Gasteiger partial charge in [0.2, 0.25) is 5.91 Å². The Kier molecular flexibility index (Phi) is 3.09. The van der Waals surface area contributed by atoms with E-state index < -0.39 is 0 Å². The predicted molar refractivity (Wildman–Crippen MR) is 65.1 cm³/mol. The molecule has 1 aliphatic rings. The molecule has 1 aromatic rings. The number of hydrogen-bond acceptors (Lipinski definition) is 1. The van der Waals surface area contributed by atoms with Crippen LogP contribution in [0.15, 0.2) is 30.9 Å². The number of aryl methyl sites for hydroxylation is 1. The maximum Gasteiger partial charge on any atom is 0.226 e. The molecule has 16 heavy (non-hydrogen) atoms. The van der Waals surface area contributed by atoms with Crippen LogP contribution >= 0.6 is 0 Å². The summed E-state index contributed by atoms with van der Waals surface area (Å²) in [6, 6.07) is 6.37. The lowest BCUT2D eigenvalue weighted by Crippen LogP contribution is -2.35. The van der Waals surface area contributed by atoms with Crippen LogP contribution in [0.25, 0.3) is 0 Å². The van der Waals surface area contributed by atoms with Gasteiger partial charge in [0.25, 0.3) is 0 Å². The van der Waals surface area contributed by atoms with E-state index in [1.54, 1.807) is 6.08 Å². The summed E-state index contributed by atoms with van der Waals surface area (Å²) in [7, 11) is 0. The van der Waals surface area contributed by atoms with Gasteiger partial charge in [0.15, 0.2) is 0 Å². The van der Waals surface area contributed by atoms with Gasteiger partial charge >= 0.3 is 0 Å². The lowest BCUT2D eigenvalue weighted by atomic mass is 9.95. The van der Waals surface area contributed by atoms with Crippen LogP contribution in [0.2, 0.25) is 0 Å². The van der Waals surface area contributed by atoms with Gasteiger partial charge in [0, 0.05) is 19.5 Å². The fourth-order valence-corrected chi connectivity index (χ4v) is 2.21. The summed E-state index contributed by atoms with van der Waals surface area (Å²) in [5.41, 5.74) is 4.00. The zero-order chi connectivity index (χ0) is 11.5. The molecular formula is C14H17NO. The minimum Gasteiger partial charge on any atom is -0.338 e. The highest BCUT2D eigenvalue weighted by atomic mass is 16.2. The molecule has 0 bridgehead atoms. The lowest BCUT2D eigenvalue weighted by molar-refractivity contribution is -0.131. The third kappa shape index (κ3) is 2.01. The molecule has 0 unspecified atom stereocenters. The fraction of sp³-hybridized carbons (Fsp3) is 0.357. The average molecular weight is 215 g/mol. The van der Waals surface area contributed by atoms with E-state index in [-0.39, 0.29) is 5.91 Å². The van der Waals surface area contributed by atoms with E-state index in [0.717, 1.165) is 19.5 Å². The van der Waals surface area contributed by atoms with E-state index in [2.05, 4.69) is 31.7 Å². The second-order valence-electron chi connectivity index (χ2n) is 4.27. The number of hydrogen-bond donors (Lipinski definition) is 0. The van der Waals surface area contributed by atoms with Crippen LogP contribution < -0.4 is 0 Å². The molecule has 0 saturated carbocycles. The Bertz CT molecular complexity index is 423. The standard InChI is InChI=1S/C14H17NO/c1-3-5-14(16)15-9-8-12-7-4-6-11(2)13(12)10-15/h3-4,6-7H,1,5,8-10H2,2H3. The highest BCUT2D eigenvalue weighted by Crippen LogP contribution is 2.22. The van der Waals surface area contributed by atoms with Gasteiger partial charge in [-0.25, -0.2) is 0 Å². The van der Waals surface area contributed by atoms with Crippen molar-refractivity contribution in [3.8, 4) is 0 Å². The molecular weight excluding hydrogens is 198 g/mol. The van der Waals surface area contributed by atoms with Gasteiger partial charge in [-0.2, -0.15) is 0 Å². The minimum atomic E-state index is 0.184. The van der Waals surface area contributed by atoms with Crippen LogP contribution in [0.5, 0.6) is 0 Å². The highest BCUT2D eigenvalue weighted by molar-refractivity contribution is 5.78. The Labute approximate surface area is 96.6 Å². The second kappa shape index (κ2) is 4.52. The summed E-state index contributed by atoms with van der Waals surface area (Å²) in [6.45, 7) is 7.32. The van der Waals surface area contributed by atoms with E-state index >= 15 is 0 Å². The topological polar surface area (TPSA) is 20.3 Å². The van der Waals surface area contributed by atoms with Crippen LogP contribution in [-0.4, -0.2) is 17.4 Å². The van der Waals surface area contributed by atoms with Crippen molar-refractivity contribution in [2.45, 2.75) is 26.3 Å². The molecule has 0 spiro atoms. The SMILES string of the molecule is C=CCC(=O)N1CCc2cccc(C)c2C1. The monoisotopic (exact) mass is 215 g/mol. The molecule has 0 atom stereocenters. The molecule has 1 aliphatic heterocycles. The van der Waals surface area contributed by atoms with Crippen molar-refractivity contribution in [1.29, 1.82) is 0 Å². The van der Waals surface area contributed by atoms with Crippen molar-refractivity contribution in [1.82, 2.24) is 4.90 Å². The number of amides is 1. The van der Waals surface area contributed by atoms with Gasteiger partial charge < -0.3 is 4.90 Å². The van der Waals surface area contributed by atoms with Crippen molar-refractivity contribution < 1.29 is 4.79 Å². The summed E-state index contributed by atoms with van der Waals surface area (Å²) < 4.78 is 0. The third-order valence-corrected chi connectivity index (χ3v) is 3.18. The maximum absolute atomic E-state index is 11.8. The minimum absolute atomic E-state index is 0.184. The smallest absolute Gasteiger partial charge is 0.226 e. The first-order chi connectivity index (χ1) is 7.72. The molecule has 0 saturated heterocycles. The lowest BCUT2D eigenvalue weighted by Gasteiger charge is -2.29. The third-order valence-electron chi connectivity index (χ3n) is 3.18. The molecule has 2 rings (SSSR count). The number of carbonyl (C=O) groups is 1. The first kappa shape index (κ1) is 10.9. The second-order valence-corrected chi connectivity index (χ2v) is 4.27. The average Bonchev–Trinajstić information content (AvgIpc) is 2.29. The largest absolute Gasteiger partial charge is 0.338 e. The number of rotatable bonds is 2. The summed E-state index contributed by atoms with van der Waals surface area (Å²) in [4.78, 5) is 13.7. The van der Waals surface area contributed by atoms with Crippen LogP contribution in [0.3, 0.4) is 0 Å². The molecule has 2 nitrogen and oxygen atoms in total. The zero-order valence-corrected chi connectivity index (χ0v) is 9.70. The van der Waals surface area contributed by atoms with Gasteiger partial charge in [0.1, 0.15) is 0 Å². The van der Waals surface area contributed by atoms with E-state index in [1.807, 2.05) is 4.90 Å². The highest BCUT2D eigenvalue weighted by Gasteiger charge is 2.20. The summed E-state index contributed by atoms with van der Waals surface area (Å²) in [5.74, 6) is 0.184. The number of benzene rings is 1. The molecule has 2 heteroatoms. The summed E-state index contributed by atoms with van der Waals surface area (Å²) >= 11 is 0. The van der Waals surface area contributed by atoms with Crippen molar-refractivity contribution >= 4 is 5.91 Å². The molecule has 0 fully saturated rings. The van der Waals surface area contributed by atoms with E-state index in [0.29, 0.717) is 6.42 Å². The zero-order valence-electron chi connectivity index (χ0n) is 9.70. The molecule has 1 aromatic carbocycles. The van der Waals surface area contributed by atoms with Crippen LogP contribution in [0, 0.1) is 6.92 Å². The quantitative estimate of drug-likeness (QED) is 0.694.